The van der Waals surface area contributed by atoms with Crippen LogP contribution in [0.25, 0.3) is 22.6 Å². The summed E-state index contributed by atoms with van der Waals surface area (Å²) in [7, 11) is 1.75. The number of benzene rings is 2. The number of carbonyl (C=O) groups is 1. The highest BCUT2D eigenvalue weighted by Gasteiger charge is 2.21. The molecule has 2 heterocycles. The first-order valence-corrected chi connectivity index (χ1v) is 11.2. The van der Waals surface area contributed by atoms with Crippen LogP contribution in [0.5, 0.6) is 0 Å². The third kappa shape index (κ3) is 6.25. The van der Waals surface area contributed by atoms with Gasteiger partial charge in [-0.05, 0) is 18.4 Å². The largest absolute Gasteiger partial charge is 0.481 e. The molecule has 4 N–H and O–H groups in total. The third-order valence-electron chi connectivity index (χ3n) is 5.89. The van der Waals surface area contributed by atoms with Gasteiger partial charge in [-0.3, -0.25) is 24.1 Å². The number of nitrogen functional groups attached to an aromatic ring is 1. The van der Waals surface area contributed by atoms with E-state index in [2.05, 4.69) is 4.98 Å². The van der Waals surface area contributed by atoms with Gasteiger partial charge in [0.1, 0.15) is 11.7 Å². The van der Waals surface area contributed by atoms with E-state index in [1.54, 1.807) is 35.9 Å². The zero-order chi connectivity index (χ0) is 25.1. The lowest BCUT2D eigenvalue weighted by Crippen LogP contribution is -2.40. The van der Waals surface area contributed by atoms with Crippen LogP contribution < -0.4 is 17.0 Å². The van der Waals surface area contributed by atoms with Gasteiger partial charge < -0.3 is 15.4 Å². The summed E-state index contributed by atoms with van der Waals surface area (Å²) in [4.78, 5) is 42.3. The van der Waals surface area contributed by atoms with Gasteiger partial charge in [0.05, 0.1) is 6.54 Å². The number of aryl methyl sites for hydroxylation is 1. The molecular formula is C25H28Br2N6O4. The highest BCUT2D eigenvalue weighted by molar-refractivity contribution is 8.93. The number of fused-ring (bicyclic) bond motifs is 1. The number of nitrogens with one attached hydrogen (secondary N) is 1. The normalized spacial score (nSPS) is 10.5. The Morgan fingerprint density at radius 3 is 2.24 bits per heavy atom. The average Bonchev–Trinajstić information content (AvgIpc) is 3.19. The van der Waals surface area contributed by atoms with E-state index in [4.69, 9.17) is 16.2 Å². The number of hydrogen-bond acceptors (Lipinski definition) is 5. The van der Waals surface area contributed by atoms with Crippen molar-refractivity contribution in [3.05, 3.63) is 86.6 Å². The average molecular weight is 636 g/mol. The van der Waals surface area contributed by atoms with Gasteiger partial charge in [0.15, 0.2) is 11.2 Å². The Morgan fingerprint density at radius 2 is 1.65 bits per heavy atom. The molecule has 0 aliphatic carbocycles. The lowest BCUT2D eigenvalue weighted by Gasteiger charge is -2.13. The van der Waals surface area contributed by atoms with Gasteiger partial charge in [-0.1, -0.05) is 54.6 Å². The van der Waals surface area contributed by atoms with Gasteiger partial charge in [-0.25, -0.2) is 9.78 Å². The Kier molecular flexibility index (Phi) is 10.2. The number of amidine groups is 1. The number of halogens is 2. The lowest BCUT2D eigenvalue weighted by molar-refractivity contribution is -0.137. The van der Waals surface area contributed by atoms with E-state index < -0.39 is 17.2 Å². The van der Waals surface area contributed by atoms with Crippen LogP contribution in [0.15, 0.2) is 64.2 Å². The van der Waals surface area contributed by atoms with Crippen LogP contribution in [-0.2, 0) is 24.9 Å². The van der Waals surface area contributed by atoms with Crippen molar-refractivity contribution in [2.45, 2.75) is 32.4 Å². The van der Waals surface area contributed by atoms with Gasteiger partial charge in [0.25, 0.3) is 5.56 Å². The van der Waals surface area contributed by atoms with E-state index >= 15 is 0 Å². The first-order chi connectivity index (χ1) is 16.8. The molecule has 0 bridgehead atoms. The number of hydrogen-bond donors (Lipinski definition) is 3. The fourth-order valence-electron chi connectivity index (χ4n) is 4.10. The predicted molar refractivity (Wildman–Crippen MR) is 153 cm³/mol. The molecular weight excluding hydrogens is 608 g/mol. The summed E-state index contributed by atoms with van der Waals surface area (Å²) in [5.74, 6) is -0.472. The zero-order valence-electron chi connectivity index (χ0n) is 20.1. The molecule has 2 aromatic carbocycles. The van der Waals surface area contributed by atoms with Gasteiger partial charge in [0, 0.05) is 31.1 Å². The molecule has 0 saturated carbocycles. The standard InChI is InChI=1S/C25H26N6O4.2BrH/c1-29-22(18-12-10-17(11-13-18)21(26)27)28-20-23(29)31(15-16-7-3-2-4-8-16)25(35)30(24(20)34)14-6-5-9-19(32)33;;/h2-4,7-8,10-13H,5-6,9,14-15H2,1H3,(H3,26,27)(H,32,33);2*1H. The predicted octanol–water partition coefficient (Wildman–Crippen LogP) is 3.31. The molecule has 4 aromatic rings. The number of nitrogens with zero attached hydrogens (tertiary/aromatic N) is 4. The Balaban J connectivity index is 0.00000241. The van der Waals surface area contributed by atoms with Gasteiger partial charge in [-0.2, -0.15) is 0 Å². The van der Waals surface area contributed by atoms with Crippen LogP contribution >= 0.6 is 34.0 Å². The number of rotatable bonds is 9. The molecule has 196 valence electrons. The van der Waals surface area contributed by atoms with Gasteiger partial charge >= 0.3 is 11.7 Å². The fourth-order valence-corrected chi connectivity index (χ4v) is 4.10. The topological polar surface area (TPSA) is 149 Å². The van der Waals surface area contributed by atoms with Crippen molar-refractivity contribution in [1.29, 1.82) is 5.41 Å². The zero-order valence-corrected chi connectivity index (χ0v) is 23.5. The van der Waals surface area contributed by atoms with Crippen LogP contribution in [0.2, 0.25) is 0 Å². The third-order valence-corrected chi connectivity index (χ3v) is 5.89. The fraction of sp³-hybridized carbons (Fsp3) is 0.240. The summed E-state index contributed by atoms with van der Waals surface area (Å²) in [6.07, 6.45) is 0.706. The summed E-state index contributed by atoms with van der Waals surface area (Å²) in [5, 5.41) is 16.5. The highest BCUT2D eigenvalue weighted by atomic mass is 79.9. The molecule has 0 aliphatic heterocycles. The van der Waals surface area contributed by atoms with E-state index in [9.17, 15) is 14.4 Å². The number of carboxylic acids is 1. The van der Waals surface area contributed by atoms with E-state index in [0.29, 0.717) is 35.4 Å². The maximum absolute atomic E-state index is 13.5. The molecule has 0 amide bonds. The summed E-state index contributed by atoms with van der Waals surface area (Å²) in [5.41, 5.74) is 7.30. The van der Waals surface area contributed by atoms with Crippen molar-refractivity contribution in [3.8, 4) is 11.4 Å². The quantitative estimate of drug-likeness (QED) is 0.146. The highest BCUT2D eigenvalue weighted by Crippen LogP contribution is 2.22. The molecule has 0 aliphatic rings. The molecule has 0 fully saturated rings. The van der Waals surface area contributed by atoms with Crippen molar-refractivity contribution < 1.29 is 9.90 Å². The molecule has 0 spiro atoms. The van der Waals surface area contributed by atoms with Crippen molar-refractivity contribution in [2.24, 2.45) is 12.8 Å². The minimum atomic E-state index is -0.917. The van der Waals surface area contributed by atoms with Crippen molar-refractivity contribution >= 4 is 56.9 Å². The smallest absolute Gasteiger partial charge is 0.333 e. The van der Waals surface area contributed by atoms with E-state index in [1.807, 2.05) is 30.3 Å². The van der Waals surface area contributed by atoms with Crippen molar-refractivity contribution in [3.63, 3.8) is 0 Å². The monoisotopic (exact) mass is 634 g/mol. The van der Waals surface area contributed by atoms with Crippen LogP contribution in [-0.4, -0.2) is 35.6 Å². The molecule has 0 radical (unpaired) electrons. The van der Waals surface area contributed by atoms with E-state index in [1.165, 1.54) is 4.57 Å². The summed E-state index contributed by atoms with van der Waals surface area (Å²) >= 11 is 0. The number of carboxylic acid groups (broad SMARTS) is 1. The number of aromatic nitrogens is 4. The van der Waals surface area contributed by atoms with Crippen LogP contribution in [0.1, 0.15) is 30.4 Å². The summed E-state index contributed by atoms with van der Waals surface area (Å²) in [6.45, 7) is 0.350. The van der Waals surface area contributed by atoms with Crippen LogP contribution in [0.4, 0.5) is 0 Å². The minimum absolute atomic E-state index is 0. The summed E-state index contributed by atoms with van der Waals surface area (Å²) < 4.78 is 4.39. The maximum Gasteiger partial charge on any atom is 0.333 e. The molecule has 37 heavy (non-hydrogen) atoms. The van der Waals surface area contributed by atoms with Gasteiger partial charge in [-0.15, -0.1) is 34.0 Å². The number of nitrogens with two attached hydrogens (primary N) is 1. The van der Waals surface area contributed by atoms with Crippen LogP contribution in [0.3, 0.4) is 0 Å². The molecule has 0 saturated heterocycles. The Hall–Kier alpha value is -3.51. The number of aliphatic carboxylic acids is 1. The molecule has 12 heteroatoms. The molecule has 0 atom stereocenters. The minimum Gasteiger partial charge on any atom is -0.481 e. The van der Waals surface area contributed by atoms with Crippen molar-refractivity contribution in [1.82, 2.24) is 18.7 Å². The first kappa shape index (κ1) is 29.7. The molecule has 2 aromatic heterocycles. The van der Waals surface area contributed by atoms with Crippen LogP contribution in [0, 0.1) is 5.41 Å². The Bertz CT molecular complexity index is 1530. The molecule has 10 nitrogen and oxygen atoms in total. The molecule has 4 rings (SSSR count). The molecule has 0 unspecified atom stereocenters. The van der Waals surface area contributed by atoms with E-state index in [0.717, 1.165) is 10.1 Å². The first-order valence-electron chi connectivity index (χ1n) is 11.2. The second-order valence-electron chi connectivity index (χ2n) is 8.32. The van der Waals surface area contributed by atoms with E-state index in [-0.39, 0.29) is 64.8 Å². The lowest BCUT2D eigenvalue weighted by atomic mass is 10.1. The second kappa shape index (κ2) is 12.6. The number of unbranched alkanes of at least 4 members (excludes halogenated alkanes) is 1. The maximum atomic E-state index is 13.5. The van der Waals surface area contributed by atoms with Gasteiger partial charge in [0.2, 0.25) is 0 Å². The Morgan fingerprint density at radius 1 is 1.00 bits per heavy atom. The summed E-state index contributed by atoms with van der Waals surface area (Å²) in [6, 6.07) is 16.4. The SMILES string of the molecule is Br.Br.Cn1c(-c2ccc(C(=N)N)cc2)nc2c(=O)n(CCCCC(=O)O)c(=O)n(Cc3ccccc3)c21. The Labute approximate surface area is 233 Å². The number of imidazole rings is 1. The van der Waals surface area contributed by atoms with Crippen molar-refractivity contribution in [2.75, 3.05) is 0 Å². The second-order valence-corrected chi connectivity index (χ2v) is 8.32.